The molecule has 4 aromatic rings. The van der Waals surface area contributed by atoms with Crippen LogP contribution >= 0.6 is 15.9 Å². The van der Waals surface area contributed by atoms with Crippen LogP contribution in [0.4, 0.5) is 5.69 Å². The lowest BCUT2D eigenvalue weighted by Gasteiger charge is -2.34. The standard InChI is InChI=1S/C36H40BrN3O5S/c1-5-45-32-18-16-31(17-19-32)40(46(43,44)33-20-14-27(4)15-21-33)25-35(41)39(24-29-12-9-13-30(37)22-29)34(36(42)38-26(2)3)23-28-10-7-6-8-11-28/h6-22,26,34H,5,23-25H2,1-4H3,(H,38,42). The van der Waals surface area contributed by atoms with E-state index in [1.807, 2.05) is 82.3 Å². The molecule has 0 heterocycles. The molecule has 0 saturated carbocycles. The maximum absolute atomic E-state index is 14.5. The van der Waals surface area contributed by atoms with Crippen LogP contribution in [-0.2, 0) is 32.6 Å². The monoisotopic (exact) mass is 705 g/mol. The zero-order valence-electron chi connectivity index (χ0n) is 26.5. The first-order valence-electron chi connectivity index (χ1n) is 15.2. The van der Waals surface area contributed by atoms with Crippen molar-refractivity contribution < 1.29 is 22.7 Å². The molecule has 0 aliphatic heterocycles. The van der Waals surface area contributed by atoms with Crippen molar-refractivity contribution in [3.63, 3.8) is 0 Å². The molecule has 0 aliphatic carbocycles. The second-order valence-corrected chi connectivity index (χ2v) is 14.1. The molecule has 0 fully saturated rings. The summed E-state index contributed by atoms with van der Waals surface area (Å²) in [4.78, 5) is 29.9. The summed E-state index contributed by atoms with van der Waals surface area (Å²) in [6, 6.07) is 29.0. The largest absolute Gasteiger partial charge is 0.494 e. The third-order valence-electron chi connectivity index (χ3n) is 7.27. The Bertz CT molecular complexity index is 1710. The molecule has 10 heteroatoms. The molecular formula is C36H40BrN3O5S. The highest BCUT2D eigenvalue weighted by Gasteiger charge is 2.35. The Morgan fingerprint density at radius 2 is 1.52 bits per heavy atom. The first-order valence-corrected chi connectivity index (χ1v) is 17.4. The van der Waals surface area contributed by atoms with E-state index in [4.69, 9.17) is 4.74 Å². The van der Waals surface area contributed by atoms with Crippen molar-refractivity contribution in [2.75, 3.05) is 17.5 Å². The van der Waals surface area contributed by atoms with Crippen molar-refractivity contribution in [3.8, 4) is 5.75 Å². The van der Waals surface area contributed by atoms with E-state index in [1.54, 1.807) is 36.4 Å². The van der Waals surface area contributed by atoms with Gasteiger partial charge in [0, 0.05) is 23.5 Å². The van der Waals surface area contributed by atoms with Gasteiger partial charge in [0.2, 0.25) is 11.8 Å². The summed E-state index contributed by atoms with van der Waals surface area (Å²) in [6.45, 7) is 7.47. The lowest BCUT2D eigenvalue weighted by Crippen LogP contribution is -2.54. The lowest BCUT2D eigenvalue weighted by molar-refractivity contribution is -0.140. The van der Waals surface area contributed by atoms with Crippen LogP contribution in [0.15, 0.2) is 112 Å². The molecule has 0 aromatic heterocycles. The average molecular weight is 707 g/mol. The molecule has 0 radical (unpaired) electrons. The summed E-state index contributed by atoms with van der Waals surface area (Å²) in [6.07, 6.45) is 0.243. The predicted octanol–water partition coefficient (Wildman–Crippen LogP) is 6.52. The van der Waals surface area contributed by atoms with Crippen molar-refractivity contribution in [2.45, 2.75) is 57.6 Å². The number of anilines is 1. The highest BCUT2D eigenvalue weighted by Crippen LogP contribution is 2.27. The number of rotatable bonds is 14. The average Bonchev–Trinajstić information content (AvgIpc) is 3.02. The molecule has 1 N–H and O–H groups in total. The van der Waals surface area contributed by atoms with Crippen molar-refractivity contribution in [2.24, 2.45) is 0 Å². The van der Waals surface area contributed by atoms with Gasteiger partial charge < -0.3 is 15.0 Å². The van der Waals surface area contributed by atoms with E-state index in [-0.39, 0.29) is 29.8 Å². The topological polar surface area (TPSA) is 96.0 Å². The van der Waals surface area contributed by atoms with E-state index < -0.39 is 28.5 Å². The first-order chi connectivity index (χ1) is 22.0. The fraction of sp³-hybridized carbons (Fsp3) is 0.278. The molecule has 1 atom stereocenters. The number of ether oxygens (including phenoxy) is 1. The third kappa shape index (κ3) is 9.20. The molecule has 0 spiro atoms. The molecule has 4 rings (SSSR count). The second-order valence-electron chi connectivity index (χ2n) is 11.3. The van der Waals surface area contributed by atoms with Gasteiger partial charge in [0.15, 0.2) is 0 Å². The van der Waals surface area contributed by atoms with Gasteiger partial charge in [-0.3, -0.25) is 13.9 Å². The van der Waals surface area contributed by atoms with Crippen molar-refractivity contribution in [3.05, 3.63) is 124 Å². The Labute approximate surface area is 280 Å². The van der Waals surface area contributed by atoms with Crippen LogP contribution < -0.4 is 14.4 Å². The van der Waals surface area contributed by atoms with Crippen LogP contribution in [0.2, 0.25) is 0 Å². The van der Waals surface area contributed by atoms with Gasteiger partial charge in [-0.05, 0) is 87.4 Å². The number of nitrogens with zero attached hydrogens (tertiary/aromatic N) is 2. The van der Waals surface area contributed by atoms with E-state index >= 15 is 0 Å². The van der Waals surface area contributed by atoms with Crippen molar-refractivity contribution in [1.29, 1.82) is 0 Å². The number of hydrogen-bond donors (Lipinski definition) is 1. The van der Waals surface area contributed by atoms with Gasteiger partial charge in [-0.15, -0.1) is 0 Å². The van der Waals surface area contributed by atoms with Gasteiger partial charge in [0.1, 0.15) is 18.3 Å². The van der Waals surface area contributed by atoms with Crippen LogP contribution in [0.25, 0.3) is 0 Å². The fourth-order valence-corrected chi connectivity index (χ4v) is 6.87. The van der Waals surface area contributed by atoms with Gasteiger partial charge in [-0.2, -0.15) is 0 Å². The number of carbonyl (C=O) groups excluding carboxylic acids is 2. The Morgan fingerprint density at radius 1 is 0.870 bits per heavy atom. The van der Waals surface area contributed by atoms with Gasteiger partial charge in [-0.25, -0.2) is 8.42 Å². The second kappa shape index (κ2) is 15.9. The summed E-state index contributed by atoms with van der Waals surface area (Å²) in [5.74, 6) is -0.268. The maximum atomic E-state index is 14.5. The molecule has 0 aliphatic rings. The molecule has 0 bridgehead atoms. The molecule has 8 nitrogen and oxygen atoms in total. The minimum absolute atomic E-state index is 0.0525. The fourth-order valence-electron chi connectivity index (χ4n) is 5.01. The van der Waals surface area contributed by atoms with E-state index in [2.05, 4.69) is 21.2 Å². The summed E-state index contributed by atoms with van der Waals surface area (Å²) in [5, 5.41) is 2.97. The van der Waals surface area contributed by atoms with E-state index in [0.29, 0.717) is 18.0 Å². The van der Waals surface area contributed by atoms with E-state index in [1.165, 1.54) is 17.0 Å². The smallest absolute Gasteiger partial charge is 0.264 e. The number of sulfonamides is 1. The van der Waals surface area contributed by atoms with Crippen molar-refractivity contribution >= 4 is 43.5 Å². The summed E-state index contributed by atoms with van der Waals surface area (Å²) < 4.78 is 35.9. The minimum atomic E-state index is -4.19. The number of hydrogen-bond acceptors (Lipinski definition) is 5. The summed E-state index contributed by atoms with van der Waals surface area (Å²) in [5.41, 5.74) is 2.86. The van der Waals surface area contributed by atoms with Crippen LogP contribution in [0.5, 0.6) is 5.75 Å². The van der Waals surface area contributed by atoms with Crippen molar-refractivity contribution in [1.82, 2.24) is 10.2 Å². The molecule has 1 unspecified atom stereocenters. The molecular weight excluding hydrogens is 666 g/mol. The molecule has 2 amide bonds. The molecule has 242 valence electrons. The number of benzene rings is 4. The van der Waals surface area contributed by atoms with Gasteiger partial charge >= 0.3 is 0 Å². The lowest BCUT2D eigenvalue weighted by atomic mass is 10.0. The number of halogens is 1. The van der Waals surface area contributed by atoms with Gasteiger partial charge in [0.25, 0.3) is 10.0 Å². The van der Waals surface area contributed by atoms with Crippen LogP contribution in [0.1, 0.15) is 37.5 Å². The Hall–Kier alpha value is -4.15. The first kappa shape index (κ1) is 34.7. The third-order valence-corrected chi connectivity index (χ3v) is 9.55. The normalized spacial score (nSPS) is 12.0. The molecule has 4 aromatic carbocycles. The number of nitrogens with one attached hydrogen (secondary N) is 1. The number of carbonyl (C=O) groups is 2. The number of aryl methyl sites for hydroxylation is 1. The molecule has 0 saturated heterocycles. The summed E-state index contributed by atoms with van der Waals surface area (Å²) >= 11 is 3.51. The Kier molecular flexibility index (Phi) is 12.0. The predicted molar refractivity (Wildman–Crippen MR) is 185 cm³/mol. The highest BCUT2D eigenvalue weighted by atomic mass is 79.9. The minimum Gasteiger partial charge on any atom is -0.494 e. The highest BCUT2D eigenvalue weighted by molar-refractivity contribution is 9.10. The zero-order chi connectivity index (χ0) is 33.3. The molecule has 46 heavy (non-hydrogen) atoms. The summed E-state index contributed by atoms with van der Waals surface area (Å²) in [7, 11) is -4.19. The van der Waals surface area contributed by atoms with Gasteiger partial charge in [0.05, 0.1) is 17.2 Å². The Morgan fingerprint density at radius 3 is 2.13 bits per heavy atom. The Balaban J connectivity index is 1.80. The van der Waals surface area contributed by atoms with E-state index in [9.17, 15) is 18.0 Å². The maximum Gasteiger partial charge on any atom is 0.264 e. The SMILES string of the molecule is CCOc1ccc(N(CC(=O)N(Cc2cccc(Br)c2)C(Cc2ccccc2)C(=O)NC(C)C)S(=O)(=O)c2ccc(C)cc2)cc1. The zero-order valence-corrected chi connectivity index (χ0v) is 28.9. The number of amides is 2. The van der Waals surface area contributed by atoms with Crippen LogP contribution in [0.3, 0.4) is 0 Å². The quantitative estimate of drug-likeness (QED) is 0.161. The van der Waals surface area contributed by atoms with Crippen LogP contribution in [0, 0.1) is 6.92 Å². The van der Waals surface area contributed by atoms with E-state index in [0.717, 1.165) is 25.5 Å². The van der Waals surface area contributed by atoms with Crippen LogP contribution in [-0.4, -0.2) is 50.4 Å². The van der Waals surface area contributed by atoms with Gasteiger partial charge in [-0.1, -0.05) is 76.1 Å².